The third-order valence-electron chi connectivity index (χ3n) is 3.35. The van der Waals surface area contributed by atoms with Crippen molar-refractivity contribution >= 4 is 5.97 Å². The summed E-state index contributed by atoms with van der Waals surface area (Å²) in [6.45, 7) is 3.70. The summed E-state index contributed by atoms with van der Waals surface area (Å²) >= 11 is 0. The Morgan fingerprint density at radius 3 is 2.50 bits per heavy atom. The van der Waals surface area contributed by atoms with Crippen molar-refractivity contribution in [3.63, 3.8) is 0 Å². The molecule has 0 saturated carbocycles. The van der Waals surface area contributed by atoms with Gasteiger partial charge in [0, 0.05) is 32.7 Å². The van der Waals surface area contributed by atoms with Gasteiger partial charge in [0.25, 0.3) is 0 Å². The normalized spacial score (nSPS) is 16.4. The van der Waals surface area contributed by atoms with Crippen LogP contribution in [0.15, 0.2) is 6.07 Å². The highest BCUT2D eigenvalue weighted by Gasteiger charge is 2.23. The molecule has 0 aliphatic carbocycles. The fourth-order valence-corrected chi connectivity index (χ4v) is 2.24. The maximum Gasteiger partial charge on any atom is 0.341 e. The molecule has 1 saturated heterocycles. The molecule has 110 valence electrons. The minimum atomic E-state index is -1.81. The zero-order valence-electron chi connectivity index (χ0n) is 10.8. The predicted molar refractivity (Wildman–Crippen MR) is 66.3 cm³/mol. The van der Waals surface area contributed by atoms with E-state index in [1.54, 1.807) is 0 Å². The number of halogens is 3. The second-order valence-corrected chi connectivity index (χ2v) is 4.67. The van der Waals surface area contributed by atoms with E-state index in [4.69, 9.17) is 5.11 Å². The van der Waals surface area contributed by atoms with Gasteiger partial charge in [-0.25, -0.2) is 18.0 Å². The number of carbonyl (C=O) groups is 1. The van der Waals surface area contributed by atoms with Crippen molar-refractivity contribution in [2.75, 3.05) is 32.7 Å². The molecule has 1 fully saturated rings. The average molecular weight is 288 g/mol. The third-order valence-corrected chi connectivity index (χ3v) is 3.35. The number of carboxylic acids is 1. The smallest absolute Gasteiger partial charge is 0.341 e. The van der Waals surface area contributed by atoms with E-state index in [0.29, 0.717) is 6.54 Å². The van der Waals surface area contributed by atoms with Crippen LogP contribution in [0.4, 0.5) is 13.2 Å². The molecule has 0 radical (unpaired) electrons. The molecule has 7 heteroatoms. The van der Waals surface area contributed by atoms with Crippen LogP contribution in [0.2, 0.25) is 0 Å². The molecule has 0 amide bonds. The van der Waals surface area contributed by atoms with Crippen LogP contribution >= 0.6 is 0 Å². The lowest BCUT2D eigenvalue weighted by atomic mass is 10.1. The summed E-state index contributed by atoms with van der Waals surface area (Å²) in [5, 5.41) is 11.8. The zero-order valence-corrected chi connectivity index (χ0v) is 10.8. The Hall–Kier alpha value is -1.60. The second-order valence-electron chi connectivity index (χ2n) is 4.67. The number of benzene rings is 1. The van der Waals surface area contributed by atoms with Gasteiger partial charge >= 0.3 is 5.97 Å². The Labute approximate surface area is 114 Å². The molecular weight excluding hydrogens is 273 g/mol. The lowest BCUT2D eigenvalue weighted by Gasteiger charge is -2.27. The largest absolute Gasteiger partial charge is 0.477 e. The maximum absolute atomic E-state index is 13.7. The van der Waals surface area contributed by atoms with Crippen LogP contribution in [0.3, 0.4) is 0 Å². The Kier molecular flexibility index (Phi) is 4.61. The molecule has 0 spiro atoms. The van der Waals surface area contributed by atoms with Gasteiger partial charge in [-0.1, -0.05) is 0 Å². The lowest BCUT2D eigenvalue weighted by Crippen LogP contribution is -2.44. The maximum atomic E-state index is 13.7. The molecule has 2 N–H and O–H groups in total. The quantitative estimate of drug-likeness (QED) is 0.819. The second kappa shape index (κ2) is 6.23. The van der Waals surface area contributed by atoms with Gasteiger partial charge in [-0.3, -0.25) is 0 Å². The first-order chi connectivity index (χ1) is 9.50. The summed E-state index contributed by atoms with van der Waals surface area (Å²) in [5.74, 6) is -5.97. The first-order valence-corrected chi connectivity index (χ1v) is 6.33. The highest BCUT2D eigenvalue weighted by atomic mass is 19.2. The van der Waals surface area contributed by atoms with Gasteiger partial charge in [-0.05, 0) is 18.1 Å². The molecule has 1 aliphatic heterocycles. The number of piperazine rings is 1. The summed E-state index contributed by atoms with van der Waals surface area (Å²) in [5.41, 5.74) is -1.38. The third kappa shape index (κ3) is 3.10. The van der Waals surface area contributed by atoms with Crippen molar-refractivity contribution in [2.45, 2.75) is 6.42 Å². The average Bonchev–Trinajstić information content (AvgIpc) is 2.42. The fraction of sp³-hybridized carbons (Fsp3) is 0.462. The SMILES string of the molecule is O=C(O)c1c(F)cc(CCN2CCNCC2)c(F)c1F. The number of rotatable bonds is 4. The van der Waals surface area contributed by atoms with Gasteiger partial charge in [0.1, 0.15) is 11.4 Å². The summed E-state index contributed by atoms with van der Waals surface area (Å²) in [6.07, 6.45) is 0.138. The standard InChI is InChI=1S/C13H15F3N2O2/c14-9-7-8(1-4-18-5-2-17-3-6-18)11(15)12(16)10(9)13(19)20/h7,17H,1-6H2,(H,19,20). The molecule has 20 heavy (non-hydrogen) atoms. The molecular formula is C13H15F3N2O2. The van der Waals surface area contributed by atoms with Gasteiger partial charge in [0.2, 0.25) is 0 Å². The molecule has 1 aliphatic rings. The van der Waals surface area contributed by atoms with Gasteiger partial charge < -0.3 is 15.3 Å². The van der Waals surface area contributed by atoms with Gasteiger partial charge in [0.15, 0.2) is 11.6 Å². The number of aromatic carboxylic acids is 1. The minimum Gasteiger partial charge on any atom is -0.477 e. The molecule has 4 nitrogen and oxygen atoms in total. The number of nitrogens with zero attached hydrogens (tertiary/aromatic N) is 1. The minimum absolute atomic E-state index is 0.136. The molecule has 0 atom stereocenters. The van der Waals surface area contributed by atoms with Gasteiger partial charge in [-0.2, -0.15) is 0 Å². The predicted octanol–water partition coefficient (Wildman–Crippen LogP) is 1.25. The number of hydrogen-bond donors (Lipinski definition) is 2. The molecule has 1 aromatic rings. The Bertz CT molecular complexity index is 517. The van der Waals surface area contributed by atoms with E-state index < -0.39 is 29.0 Å². The summed E-state index contributed by atoms with van der Waals surface area (Å²) < 4.78 is 40.7. The summed E-state index contributed by atoms with van der Waals surface area (Å²) in [6, 6.07) is 0.768. The van der Waals surface area contributed by atoms with Crippen molar-refractivity contribution in [1.29, 1.82) is 0 Å². The topological polar surface area (TPSA) is 52.6 Å². The summed E-state index contributed by atoms with van der Waals surface area (Å²) in [7, 11) is 0. The first-order valence-electron chi connectivity index (χ1n) is 6.33. The monoisotopic (exact) mass is 288 g/mol. The summed E-state index contributed by atoms with van der Waals surface area (Å²) in [4.78, 5) is 12.7. The van der Waals surface area contributed by atoms with Crippen molar-refractivity contribution in [2.24, 2.45) is 0 Å². The van der Waals surface area contributed by atoms with Crippen molar-refractivity contribution in [1.82, 2.24) is 10.2 Å². The van der Waals surface area contributed by atoms with Crippen molar-refractivity contribution < 1.29 is 23.1 Å². The van der Waals surface area contributed by atoms with Crippen LogP contribution in [-0.4, -0.2) is 48.7 Å². The van der Waals surface area contributed by atoms with E-state index in [9.17, 15) is 18.0 Å². The number of nitrogens with one attached hydrogen (secondary N) is 1. The van der Waals surface area contributed by atoms with E-state index in [2.05, 4.69) is 10.2 Å². The van der Waals surface area contributed by atoms with Crippen LogP contribution < -0.4 is 5.32 Å². The van der Waals surface area contributed by atoms with E-state index in [1.165, 1.54) is 0 Å². The zero-order chi connectivity index (χ0) is 14.7. The van der Waals surface area contributed by atoms with Crippen LogP contribution in [0.1, 0.15) is 15.9 Å². The first kappa shape index (κ1) is 14.8. The van der Waals surface area contributed by atoms with Gasteiger partial charge in [-0.15, -0.1) is 0 Å². The molecule has 2 rings (SSSR count). The van der Waals surface area contributed by atoms with E-state index in [-0.39, 0.29) is 12.0 Å². The van der Waals surface area contributed by atoms with E-state index in [0.717, 1.165) is 32.2 Å². The van der Waals surface area contributed by atoms with Gasteiger partial charge in [0.05, 0.1) is 0 Å². The number of hydrogen-bond acceptors (Lipinski definition) is 3. The molecule has 1 aromatic carbocycles. The van der Waals surface area contributed by atoms with Crippen LogP contribution in [0.25, 0.3) is 0 Å². The van der Waals surface area contributed by atoms with Crippen LogP contribution in [0.5, 0.6) is 0 Å². The van der Waals surface area contributed by atoms with E-state index >= 15 is 0 Å². The highest BCUT2D eigenvalue weighted by Crippen LogP contribution is 2.21. The van der Waals surface area contributed by atoms with Crippen molar-refractivity contribution in [3.05, 3.63) is 34.6 Å². The molecule has 0 unspecified atom stereocenters. The number of carboxylic acid groups (broad SMARTS) is 1. The highest BCUT2D eigenvalue weighted by molar-refractivity contribution is 5.88. The molecule has 1 heterocycles. The molecule has 0 aromatic heterocycles. The lowest BCUT2D eigenvalue weighted by molar-refractivity contribution is 0.0685. The Balaban J connectivity index is 2.14. The Morgan fingerprint density at radius 2 is 1.90 bits per heavy atom. The van der Waals surface area contributed by atoms with Crippen LogP contribution in [-0.2, 0) is 6.42 Å². The molecule has 0 bridgehead atoms. The Morgan fingerprint density at radius 1 is 1.25 bits per heavy atom. The fourth-order valence-electron chi connectivity index (χ4n) is 2.24. The van der Waals surface area contributed by atoms with Crippen molar-refractivity contribution in [3.8, 4) is 0 Å². The van der Waals surface area contributed by atoms with Crippen LogP contribution in [0, 0.1) is 17.5 Å². The van der Waals surface area contributed by atoms with E-state index in [1.807, 2.05) is 0 Å².